The smallest absolute Gasteiger partial charge is 0.137 e. The molecular weight excluding hydrogens is 274 g/mol. The Labute approximate surface area is 126 Å². The topological polar surface area (TPSA) is 32.7 Å². The lowest BCUT2D eigenvalue weighted by atomic mass is 9.86. The maximum Gasteiger partial charge on any atom is 0.137 e. The fraction of sp³-hybridized carbons (Fsp3) is 0.625. The molecule has 0 spiro atoms. The molecule has 1 aromatic rings. The second-order valence-electron chi connectivity index (χ2n) is 5.74. The van der Waals surface area contributed by atoms with E-state index in [1.54, 1.807) is 7.11 Å². The van der Waals surface area contributed by atoms with Gasteiger partial charge in [-0.05, 0) is 56.3 Å². The summed E-state index contributed by atoms with van der Waals surface area (Å²) in [5.41, 5.74) is 1.21. The van der Waals surface area contributed by atoms with Crippen molar-refractivity contribution in [2.24, 2.45) is 5.92 Å². The largest absolute Gasteiger partial charge is 0.495 e. The minimum atomic E-state index is 0.338. The molecule has 0 unspecified atom stereocenters. The molecule has 1 fully saturated rings. The van der Waals surface area contributed by atoms with Crippen LogP contribution in [0.3, 0.4) is 0 Å². The van der Waals surface area contributed by atoms with Crippen molar-refractivity contribution in [2.45, 2.75) is 38.3 Å². The first-order valence-electron chi connectivity index (χ1n) is 7.27. The highest BCUT2D eigenvalue weighted by molar-refractivity contribution is 6.32. The van der Waals surface area contributed by atoms with Gasteiger partial charge in [0.1, 0.15) is 5.75 Å². The van der Waals surface area contributed by atoms with Gasteiger partial charge < -0.3 is 9.84 Å². The number of hydrogen-bond acceptors (Lipinski definition) is 3. The molecule has 0 aromatic heterocycles. The molecule has 0 bridgehead atoms. The predicted octanol–water partition coefficient (Wildman–Crippen LogP) is 3.33. The third kappa shape index (κ3) is 3.87. The molecule has 0 saturated heterocycles. The van der Waals surface area contributed by atoms with E-state index in [1.807, 2.05) is 12.1 Å². The summed E-state index contributed by atoms with van der Waals surface area (Å²) in [6.07, 6.45) is 4.61. The van der Waals surface area contributed by atoms with E-state index < -0.39 is 0 Å². The average molecular weight is 298 g/mol. The summed E-state index contributed by atoms with van der Waals surface area (Å²) in [4.78, 5) is 2.39. The van der Waals surface area contributed by atoms with Crippen LogP contribution in [0.25, 0.3) is 0 Å². The van der Waals surface area contributed by atoms with Crippen molar-refractivity contribution in [2.75, 3.05) is 20.8 Å². The lowest BCUT2D eigenvalue weighted by Crippen LogP contribution is -2.35. The lowest BCUT2D eigenvalue weighted by Gasteiger charge is -2.34. The Morgan fingerprint density at radius 2 is 2.00 bits per heavy atom. The Morgan fingerprint density at radius 3 is 2.55 bits per heavy atom. The zero-order chi connectivity index (χ0) is 14.5. The molecule has 0 heterocycles. The molecule has 2 rings (SSSR count). The molecule has 0 atom stereocenters. The molecule has 3 nitrogen and oxygen atoms in total. The summed E-state index contributed by atoms with van der Waals surface area (Å²) in [6.45, 7) is 1.24. The van der Waals surface area contributed by atoms with Gasteiger partial charge in [0.05, 0.1) is 12.1 Å². The van der Waals surface area contributed by atoms with Gasteiger partial charge in [-0.15, -0.1) is 0 Å². The number of methoxy groups -OCH3 is 1. The number of benzene rings is 1. The molecule has 0 amide bonds. The maximum atomic E-state index is 9.19. The molecule has 1 aliphatic carbocycles. The molecule has 1 N–H and O–H groups in total. The monoisotopic (exact) mass is 297 g/mol. The van der Waals surface area contributed by atoms with Gasteiger partial charge >= 0.3 is 0 Å². The van der Waals surface area contributed by atoms with Crippen LogP contribution in [0.15, 0.2) is 18.2 Å². The van der Waals surface area contributed by atoms with E-state index in [9.17, 15) is 5.11 Å². The van der Waals surface area contributed by atoms with Crippen molar-refractivity contribution in [1.29, 1.82) is 0 Å². The molecule has 1 saturated carbocycles. The quantitative estimate of drug-likeness (QED) is 0.905. The second kappa shape index (κ2) is 7.30. The van der Waals surface area contributed by atoms with Gasteiger partial charge in [-0.3, -0.25) is 4.90 Å². The van der Waals surface area contributed by atoms with Crippen molar-refractivity contribution in [3.05, 3.63) is 28.8 Å². The maximum absolute atomic E-state index is 9.19. The van der Waals surface area contributed by atoms with Crippen LogP contribution in [-0.4, -0.2) is 36.8 Å². The van der Waals surface area contributed by atoms with E-state index in [2.05, 4.69) is 18.0 Å². The minimum Gasteiger partial charge on any atom is -0.495 e. The molecule has 1 aliphatic rings. The molecule has 1 aromatic carbocycles. The van der Waals surface area contributed by atoms with Gasteiger partial charge in [0.25, 0.3) is 0 Å². The van der Waals surface area contributed by atoms with Crippen LogP contribution in [0.5, 0.6) is 5.75 Å². The van der Waals surface area contributed by atoms with E-state index in [-0.39, 0.29) is 0 Å². The Morgan fingerprint density at radius 1 is 1.30 bits per heavy atom. The second-order valence-corrected chi connectivity index (χ2v) is 6.15. The number of halogens is 1. The summed E-state index contributed by atoms with van der Waals surface area (Å²) in [5.74, 6) is 1.23. The summed E-state index contributed by atoms with van der Waals surface area (Å²) in [7, 11) is 3.80. The fourth-order valence-corrected chi connectivity index (χ4v) is 3.27. The normalized spacial score (nSPS) is 23.1. The van der Waals surface area contributed by atoms with Crippen molar-refractivity contribution < 1.29 is 9.84 Å². The van der Waals surface area contributed by atoms with E-state index in [0.29, 0.717) is 23.6 Å². The first-order valence-corrected chi connectivity index (χ1v) is 7.65. The highest BCUT2D eigenvalue weighted by atomic mass is 35.5. The van der Waals surface area contributed by atoms with E-state index in [1.165, 1.54) is 18.4 Å². The third-order valence-corrected chi connectivity index (χ3v) is 4.64. The molecule has 20 heavy (non-hydrogen) atoms. The van der Waals surface area contributed by atoms with Crippen LogP contribution in [0, 0.1) is 5.92 Å². The van der Waals surface area contributed by atoms with E-state index >= 15 is 0 Å². The summed E-state index contributed by atoms with van der Waals surface area (Å²) < 4.78 is 5.18. The highest BCUT2D eigenvalue weighted by Gasteiger charge is 2.23. The first-order chi connectivity index (χ1) is 9.63. The summed E-state index contributed by atoms with van der Waals surface area (Å²) in [6, 6.07) is 6.59. The summed E-state index contributed by atoms with van der Waals surface area (Å²) in [5, 5.41) is 9.86. The van der Waals surface area contributed by atoms with Crippen LogP contribution in [-0.2, 0) is 6.54 Å². The zero-order valence-electron chi connectivity index (χ0n) is 12.3. The van der Waals surface area contributed by atoms with Gasteiger partial charge in [-0.25, -0.2) is 0 Å². The zero-order valence-corrected chi connectivity index (χ0v) is 13.1. The van der Waals surface area contributed by atoms with Crippen LogP contribution < -0.4 is 4.74 Å². The Bertz CT molecular complexity index is 430. The van der Waals surface area contributed by atoms with Crippen LogP contribution >= 0.6 is 11.6 Å². The average Bonchev–Trinajstić information content (AvgIpc) is 2.47. The predicted molar refractivity (Wildman–Crippen MR) is 82.3 cm³/mol. The highest BCUT2D eigenvalue weighted by Crippen LogP contribution is 2.29. The van der Waals surface area contributed by atoms with Crippen molar-refractivity contribution in [3.63, 3.8) is 0 Å². The third-order valence-electron chi connectivity index (χ3n) is 4.35. The first kappa shape index (κ1) is 15.6. The van der Waals surface area contributed by atoms with E-state index in [4.69, 9.17) is 16.3 Å². The number of aliphatic hydroxyl groups excluding tert-OH is 1. The van der Waals surface area contributed by atoms with Crippen molar-refractivity contribution in [3.8, 4) is 5.75 Å². The fourth-order valence-electron chi connectivity index (χ4n) is 2.99. The van der Waals surface area contributed by atoms with Crippen molar-refractivity contribution in [1.82, 2.24) is 4.90 Å². The number of ether oxygens (including phenoxy) is 1. The lowest BCUT2D eigenvalue weighted by molar-refractivity contribution is 0.124. The van der Waals surface area contributed by atoms with Crippen LogP contribution in [0.4, 0.5) is 0 Å². The molecule has 0 radical (unpaired) electrons. The SMILES string of the molecule is COc1ccc(CN(C)C2CCC(CO)CC2)cc1Cl. The van der Waals surface area contributed by atoms with Gasteiger partial charge in [0.2, 0.25) is 0 Å². The Kier molecular flexibility index (Phi) is 5.70. The van der Waals surface area contributed by atoms with Gasteiger partial charge in [-0.2, -0.15) is 0 Å². The molecule has 0 aliphatic heterocycles. The minimum absolute atomic E-state index is 0.338. The van der Waals surface area contributed by atoms with Gasteiger partial charge in [-0.1, -0.05) is 17.7 Å². The van der Waals surface area contributed by atoms with E-state index in [0.717, 1.165) is 25.1 Å². The number of nitrogens with zero attached hydrogens (tertiary/aromatic N) is 1. The van der Waals surface area contributed by atoms with Gasteiger partial charge in [0, 0.05) is 19.2 Å². The number of hydrogen-bond donors (Lipinski definition) is 1. The Hall–Kier alpha value is -0.770. The Balaban J connectivity index is 1.91. The van der Waals surface area contributed by atoms with Gasteiger partial charge in [0.15, 0.2) is 0 Å². The van der Waals surface area contributed by atoms with Crippen molar-refractivity contribution >= 4 is 11.6 Å². The van der Waals surface area contributed by atoms with Crippen LogP contribution in [0.2, 0.25) is 5.02 Å². The number of rotatable bonds is 5. The molecular formula is C16H24ClNO2. The van der Waals surface area contributed by atoms with Crippen LogP contribution in [0.1, 0.15) is 31.2 Å². The molecule has 112 valence electrons. The standard InChI is InChI=1S/C16H24ClNO2/c1-18(14-6-3-12(11-19)4-7-14)10-13-5-8-16(20-2)15(17)9-13/h5,8-9,12,14,19H,3-4,6-7,10-11H2,1-2H3. The number of aliphatic hydroxyl groups is 1. The molecule has 4 heteroatoms. The summed E-state index contributed by atoms with van der Waals surface area (Å²) >= 11 is 6.17.